The maximum absolute atomic E-state index is 12.4. The van der Waals surface area contributed by atoms with Crippen molar-refractivity contribution in [2.45, 2.75) is 17.1 Å². The third kappa shape index (κ3) is 3.39. The number of alkyl halides is 2. The van der Waals surface area contributed by atoms with Crippen molar-refractivity contribution in [2.75, 3.05) is 11.9 Å². The van der Waals surface area contributed by atoms with Gasteiger partial charge in [-0.25, -0.2) is 8.42 Å². The van der Waals surface area contributed by atoms with E-state index in [-0.39, 0.29) is 18.7 Å². The van der Waals surface area contributed by atoms with Gasteiger partial charge in [-0.2, -0.15) is 8.78 Å². The van der Waals surface area contributed by atoms with Gasteiger partial charge in [0.2, 0.25) is 15.7 Å². The Morgan fingerprint density at radius 1 is 1.33 bits per heavy atom. The third-order valence-corrected chi connectivity index (χ3v) is 3.55. The predicted molar refractivity (Wildman–Crippen MR) is 61.9 cm³/mol. The minimum absolute atomic E-state index is 0.0247. The highest BCUT2D eigenvalue weighted by atomic mass is 32.2. The summed E-state index contributed by atoms with van der Waals surface area (Å²) in [4.78, 5) is 10.0. The van der Waals surface area contributed by atoms with Gasteiger partial charge in [0.1, 0.15) is 0 Å². The van der Waals surface area contributed by atoms with Gasteiger partial charge in [-0.3, -0.25) is 4.79 Å². The monoisotopic (exact) mass is 278 g/mol. The van der Waals surface area contributed by atoms with Crippen LogP contribution in [0.5, 0.6) is 0 Å². The van der Waals surface area contributed by atoms with Crippen LogP contribution in [-0.2, 0) is 14.6 Å². The molecular formula is C10H12F2N2O3S. The van der Waals surface area contributed by atoms with Gasteiger partial charge in [0.15, 0.2) is 0 Å². The maximum Gasteiger partial charge on any atom is 0.341 e. The molecule has 5 nitrogen and oxygen atoms in total. The molecule has 0 aliphatic heterocycles. The lowest BCUT2D eigenvalue weighted by atomic mass is 10.3. The lowest BCUT2D eigenvalue weighted by Gasteiger charge is -2.11. The number of halogens is 2. The van der Waals surface area contributed by atoms with E-state index < -0.39 is 26.4 Å². The van der Waals surface area contributed by atoms with Crippen molar-refractivity contribution >= 4 is 21.4 Å². The molecule has 1 aromatic rings. The van der Waals surface area contributed by atoms with Gasteiger partial charge in [0.25, 0.3) is 0 Å². The van der Waals surface area contributed by atoms with Crippen LogP contribution in [0.3, 0.4) is 0 Å². The van der Waals surface area contributed by atoms with Crippen molar-refractivity contribution in [2.24, 2.45) is 5.73 Å². The molecule has 3 N–H and O–H groups in total. The van der Waals surface area contributed by atoms with Crippen molar-refractivity contribution in [3.05, 3.63) is 24.3 Å². The van der Waals surface area contributed by atoms with Crippen LogP contribution in [0.25, 0.3) is 0 Å². The van der Waals surface area contributed by atoms with Crippen molar-refractivity contribution in [1.29, 1.82) is 0 Å². The minimum atomic E-state index is -4.67. The molecule has 0 saturated carbocycles. The zero-order chi connectivity index (χ0) is 13.8. The van der Waals surface area contributed by atoms with Gasteiger partial charge in [0, 0.05) is 13.0 Å². The van der Waals surface area contributed by atoms with Crippen LogP contribution >= 0.6 is 0 Å². The molecular weight excluding hydrogens is 266 g/mol. The average Bonchev–Trinajstić information content (AvgIpc) is 2.28. The fourth-order valence-corrected chi connectivity index (χ4v) is 2.18. The number of benzene rings is 1. The molecule has 8 heteroatoms. The Labute approximate surface area is 103 Å². The molecule has 0 fully saturated rings. The molecule has 1 amide bonds. The normalized spacial score (nSPS) is 11.5. The van der Waals surface area contributed by atoms with Crippen LogP contribution in [0.15, 0.2) is 29.2 Å². The smallest absolute Gasteiger partial charge is 0.341 e. The van der Waals surface area contributed by atoms with Crippen molar-refractivity contribution < 1.29 is 22.0 Å². The van der Waals surface area contributed by atoms with E-state index in [9.17, 15) is 22.0 Å². The van der Waals surface area contributed by atoms with Gasteiger partial charge in [-0.05, 0) is 12.1 Å². The summed E-state index contributed by atoms with van der Waals surface area (Å²) in [5.74, 6) is -4.06. The number of carbonyl (C=O) groups is 1. The third-order valence-electron chi connectivity index (χ3n) is 2.12. The largest absolute Gasteiger partial charge is 0.383 e. The molecule has 18 heavy (non-hydrogen) atoms. The molecule has 0 saturated heterocycles. The number of amides is 1. The second-order valence-corrected chi connectivity index (χ2v) is 5.33. The second kappa shape index (κ2) is 5.76. The number of carbonyl (C=O) groups excluding carboxylic acids is 1. The van der Waals surface area contributed by atoms with E-state index in [1.807, 2.05) is 0 Å². The van der Waals surface area contributed by atoms with Gasteiger partial charge in [-0.1, -0.05) is 12.1 Å². The fraction of sp³-hybridized carbons (Fsp3) is 0.300. The molecule has 0 radical (unpaired) electrons. The first kappa shape index (κ1) is 14.4. The summed E-state index contributed by atoms with van der Waals surface area (Å²) < 4.78 is 47.6. The quantitative estimate of drug-likeness (QED) is 0.811. The number of nitrogens with one attached hydrogen (secondary N) is 1. The van der Waals surface area contributed by atoms with Gasteiger partial charge >= 0.3 is 5.76 Å². The summed E-state index contributed by atoms with van der Waals surface area (Å²) in [6, 6.07) is 5.26. The van der Waals surface area contributed by atoms with Gasteiger partial charge in [0.05, 0.1) is 10.6 Å². The Kier molecular flexibility index (Phi) is 4.60. The predicted octanol–water partition coefficient (Wildman–Crippen LogP) is 0.970. The lowest BCUT2D eigenvalue weighted by Crippen LogP contribution is -2.18. The molecule has 0 heterocycles. The van der Waals surface area contributed by atoms with Crippen molar-refractivity contribution in [3.63, 3.8) is 0 Å². The molecule has 1 aromatic carbocycles. The lowest BCUT2D eigenvalue weighted by molar-refractivity contribution is -0.117. The van der Waals surface area contributed by atoms with Crippen molar-refractivity contribution in [1.82, 2.24) is 0 Å². The first-order chi connectivity index (χ1) is 8.35. The molecule has 0 spiro atoms. The van der Waals surface area contributed by atoms with Crippen LogP contribution in [0.4, 0.5) is 14.5 Å². The first-order valence-corrected chi connectivity index (χ1v) is 6.53. The number of nitrogens with two attached hydrogens (primary N) is 1. The molecule has 0 atom stereocenters. The van der Waals surface area contributed by atoms with E-state index in [2.05, 4.69) is 5.32 Å². The van der Waals surface area contributed by atoms with E-state index in [0.717, 1.165) is 6.07 Å². The molecule has 0 aromatic heterocycles. The maximum atomic E-state index is 12.4. The summed E-state index contributed by atoms with van der Waals surface area (Å²) in [6.45, 7) is 0.0745. The van der Waals surface area contributed by atoms with E-state index >= 15 is 0 Å². The summed E-state index contributed by atoms with van der Waals surface area (Å²) in [5, 5.41) is 2.59. The molecule has 0 aliphatic carbocycles. The number of para-hydroxylation sites is 1. The van der Waals surface area contributed by atoms with Gasteiger partial charge < -0.3 is 11.1 Å². The number of anilines is 1. The van der Waals surface area contributed by atoms with Crippen LogP contribution in [-0.4, -0.2) is 26.6 Å². The Morgan fingerprint density at radius 3 is 2.50 bits per heavy atom. The zero-order valence-electron chi connectivity index (χ0n) is 9.27. The fourth-order valence-electron chi connectivity index (χ4n) is 1.28. The first-order valence-electron chi connectivity index (χ1n) is 4.99. The molecule has 100 valence electrons. The summed E-state index contributed by atoms with van der Waals surface area (Å²) >= 11 is 0. The molecule has 0 unspecified atom stereocenters. The number of hydrogen-bond donors (Lipinski definition) is 2. The standard InChI is InChI=1S/C10H12F2N2O3S/c11-10(12)18(16,17)8-4-2-1-3-7(8)14-6-5-9(13)15/h1-4,10,14H,5-6H2,(H2,13,15). The number of sulfone groups is 1. The Morgan fingerprint density at radius 2 is 1.94 bits per heavy atom. The zero-order valence-corrected chi connectivity index (χ0v) is 10.1. The number of rotatable bonds is 6. The van der Waals surface area contributed by atoms with Crippen LogP contribution in [0.1, 0.15) is 6.42 Å². The molecule has 0 bridgehead atoms. The minimum Gasteiger partial charge on any atom is -0.383 e. The van der Waals surface area contributed by atoms with E-state index in [1.165, 1.54) is 18.2 Å². The molecule has 1 rings (SSSR count). The van der Waals surface area contributed by atoms with Crippen LogP contribution in [0, 0.1) is 0 Å². The Balaban J connectivity index is 2.97. The average molecular weight is 278 g/mol. The number of hydrogen-bond acceptors (Lipinski definition) is 4. The van der Waals surface area contributed by atoms with E-state index in [1.54, 1.807) is 0 Å². The SMILES string of the molecule is NC(=O)CCNc1ccccc1S(=O)(=O)C(F)F. The summed E-state index contributed by atoms with van der Waals surface area (Å²) in [5.41, 5.74) is 4.94. The summed E-state index contributed by atoms with van der Waals surface area (Å²) in [6.07, 6.45) is -0.0247. The van der Waals surface area contributed by atoms with Crippen LogP contribution in [0.2, 0.25) is 0 Å². The summed E-state index contributed by atoms with van der Waals surface area (Å²) in [7, 11) is -4.67. The van der Waals surface area contributed by atoms with Gasteiger partial charge in [-0.15, -0.1) is 0 Å². The highest BCUT2D eigenvalue weighted by Gasteiger charge is 2.28. The van der Waals surface area contributed by atoms with E-state index in [4.69, 9.17) is 5.73 Å². The highest BCUT2D eigenvalue weighted by Crippen LogP contribution is 2.25. The van der Waals surface area contributed by atoms with Crippen molar-refractivity contribution in [3.8, 4) is 0 Å². The topological polar surface area (TPSA) is 89.3 Å². The second-order valence-electron chi connectivity index (χ2n) is 3.44. The number of primary amides is 1. The van der Waals surface area contributed by atoms with Crippen LogP contribution < -0.4 is 11.1 Å². The molecule has 0 aliphatic rings. The highest BCUT2D eigenvalue weighted by molar-refractivity contribution is 7.91. The van der Waals surface area contributed by atoms with E-state index in [0.29, 0.717) is 0 Å². The Bertz CT molecular complexity index is 532. The Hall–Kier alpha value is -1.70.